The van der Waals surface area contributed by atoms with Crippen LogP contribution in [-0.2, 0) is 0 Å². The molecule has 3 unspecified atom stereocenters. The highest BCUT2D eigenvalue weighted by Crippen LogP contribution is 2.42. The van der Waals surface area contributed by atoms with E-state index >= 15 is 0 Å². The fourth-order valence-corrected chi connectivity index (χ4v) is 3.34. The Balaban J connectivity index is 1.98. The SMILES string of the molecule is CC(c1ccc(Cl)cc1)N(C)CC1CCC(C)(C)C1O. The second-order valence-corrected chi connectivity index (χ2v) is 7.34. The van der Waals surface area contributed by atoms with Gasteiger partial charge in [0.2, 0.25) is 0 Å². The molecule has 112 valence electrons. The molecule has 2 rings (SSSR count). The van der Waals surface area contributed by atoms with Gasteiger partial charge in [-0.25, -0.2) is 0 Å². The van der Waals surface area contributed by atoms with Gasteiger partial charge in [0.1, 0.15) is 0 Å². The van der Waals surface area contributed by atoms with Gasteiger partial charge in [0.05, 0.1) is 6.10 Å². The third-order valence-corrected chi connectivity index (χ3v) is 5.19. The van der Waals surface area contributed by atoms with Crippen LogP contribution in [0.3, 0.4) is 0 Å². The average molecular weight is 296 g/mol. The summed E-state index contributed by atoms with van der Waals surface area (Å²) >= 11 is 5.94. The van der Waals surface area contributed by atoms with Gasteiger partial charge in [-0.05, 0) is 55.8 Å². The van der Waals surface area contributed by atoms with Crippen LogP contribution in [-0.4, -0.2) is 29.7 Å². The number of halogens is 1. The van der Waals surface area contributed by atoms with Crippen LogP contribution in [0.15, 0.2) is 24.3 Å². The predicted molar refractivity (Wildman–Crippen MR) is 85.0 cm³/mol. The van der Waals surface area contributed by atoms with Crippen molar-refractivity contribution in [3.05, 3.63) is 34.9 Å². The Kier molecular flexibility index (Phi) is 4.78. The van der Waals surface area contributed by atoms with Gasteiger partial charge in [-0.1, -0.05) is 37.6 Å². The second-order valence-electron chi connectivity index (χ2n) is 6.90. The summed E-state index contributed by atoms with van der Waals surface area (Å²) in [5.41, 5.74) is 1.33. The molecule has 20 heavy (non-hydrogen) atoms. The summed E-state index contributed by atoms with van der Waals surface area (Å²) in [6, 6.07) is 8.38. The van der Waals surface area contributed by atoms with Gasteiger partial charge < -0.3 is 5.11 Å². The molecule has 0 radical (unpaired) electrons. The number of aliphatic hydroxyl groups is 1. The molecule has 0 amide bonds. The zero-order chi connectivity index (χ0) is 14.9. The molecule has 1 aromatic carbocycles. The van der Waals surface area contributed by atoms with Gasteiger partial charge >= 0.3 is 0 Å². The molecule has 1 saturated carbocycles. The molecule has 0 saturated heterocycles. The van der Waals surface area contributed by atoms with E-state index in [4.69, 9.17) is 11.6 Å². The summed E-state index contributed by atoms with van der Waals surface area (Å²) in [4.78, 5) is 2.33. The normalized spacial score (nSPS) is 26.9. The number of nitrogens with zero attached hydrogens (tertiary/aromatic N) is 1. The highest BCUT2D eigenvalue weighted by molar-refractivity contribution is 6.30. The molecular weight excluding hydrogens is 270 g/mol. The minimum absolute atomic E-state index is 0.0645. The van der Waals surface area contributed by atoms with Gasteiger partial charge in [-0.2, -0.15) is 0 Å². The van der Waals surface area contributed by atoms with E-state index in [0.717, 1.165) is 24.4 Å². The van der Waals surface area contributed by atoms with E-state index in [1.54, 1.807) is 0 Å². The molecule has 1 aromatic rings. The predicted octanol–water partition coefficient (Wildman–Crippen LogP) is 4.13. The van der Waals surface area contributed by atoms with Gasteiger partial charge in [-0.3, -0.25) is 4.90 Å². The maximum Gasteiger partial charge on any atom is 0.0631 e. The fraction of sp³-hybridized carbons (Fsp3) is 0.647. The topological polar surface area (TPSA) is 23.5 Å². The first kappa shape index (κ1) is 15.8. The fourth-order valence-electron chi connectivity index (χ4n) is 3.22. The van der Waals surface area contributed by atoms with Crippen LogP contribution >= 0.6 is 11.6 Å². The molecule has 1 aliphatic carbocycles. The smallest absolute Gasteiger partial charge is 0.0631 e. The Morgan fingerprint density at radius 3 is 2.45 bits per heavy atom. The number of rotatable bonds is 4. The lowest BCUT2D eigenvalue weighted by molar-refractivity contribution is 0.0315. The Hall–Kier alpha value is -0.570. The Labute approximate surface area is 127 Å². The molecule has 3 atom stereocenters. The summed E-state index contributed by atoms with van der Waals surface area (Å²) in [5, 5.41) is 11.2. The largest absolute Gasteiger partial charge is 0.392 e. The van der Waals surface area contributed by atoms with Crippen molar-refractivity contribution in [2.24, 2.45) is 11.3 Å². The monoisotopic (exact) mass is 295 g/mol. The highest BCUT2D eigenvalue weighted by atomic mass is 35.5. The molecule has 0 spiro atoms. The standard InChI is InChI=1S/C17H26ClNO/c1-12(13-5-7-15(18)8-6-13)19(4)11-14-9-10-17(2,3)16(14)20/h5-8,12,14,16,20H,9-11H2,1-4H3. The molecular formula is C17H26ClNO. The van der Waals surface area contributed by atoms with Gasteiger partial charge in [0.25, 0.3) is 0 Å². The van der Waals surface area contributed by atoms with Crippen LogP contribution in [0, 0.1) is 11.3 Å². The first-order valence-corrected chi connectivity index (χ1v) is 7.83. The maximum absolute atomic E-state index is 10.4. The summed E-state index contributed by atoms with van der Waals surface area (Å²) in [6.45, 7) is 7.48. The first-order valence-electron chi connectivity index (χ1n) is 7.45. The molecule has 1 N–H and O–H groups in total. The van der Waals surface area contributed by atoms with E-state index in [9.17, 15) is 5.11 Å². The summed E-state index contributed by atoms with van der Waals surface area (Å²) in [6.07, 6.45) is 2.04. The molecule has 1 aliphatic rings. The molecule has 0 aromatic heterocycles. The third-order valence-electron chi connectivity index (χ3n) is 4.94. The number of hydrogen-bond acceptors (Lipinski definition) is 2. The van der Waals surface area contributed by atoms with Crippen LogP contribution in [0.2, 0.25) is 5.02 Å². The zero-order valence-corrected chi connectivity index (χ0v) is 13.7. The summed E-state index contributed by atoms with van der Waals surface area (Å²) in [5.74, 6) is 0.379. The zero-order valence-electron chi connectivity index (χ0n) is 12.9. The molecule has 0 heterocycles. The lowest BCUT2D eigenvalue weighted by atomic mass is 9.87. The lowest BCUT2D eigenvalue weighted by Crippen LogP contribution is -2.36. The van der Waals surface area contributed by atoms with E-state index in [2.05, 4.69) is 44.9 Å². The second kappa shape index (κ2) is 6.05. The van der Waals surface area contributed by atoms with Crippen LogP contribution < -0.4 is 0 Å². The van der Waals surface area contributed by atoms with Gasteiger partial charge in [0.15, 0.2) is 0 Å². The van der Waals surface area contributed by atoms with E-state index in [0.29, 0.717) is 12.0 Å². The van der Waals surface area contributed by atoms with Crippen molar-refractivity contribution in [2.45, 2.75) is 45.8 Å². The molecule has 0 aliphatic heterocycles. The number of hydrogen-bond donors (Lipinski definition) is 1. The van der Waals surface area contributed by atoms with Crippen LogP contribution in [0.25, 0.3) is 0 Å². The van der Waals surface area contributed by atoms with E-state index in [1.807, 2.05) is 12.1 Å². The Bertz CT molecular complexity index is 443. The van der Waals surface area contributed by atoms with E-state index in [-0.39, 0.29) is 11.5 Å². The van der Waals surface area contributed by atoms with Crippen LogP contribution in [0.4, 0.5) is 0 Å². The van der Waals surface area contributed by atoms with Crippen molar-refractivity contribution in [3.8, 4) is 0 Å². The van der Waals surface area contributed by atoms with Crippen molar-refractivity contribution >= 4 is 11.6 Å². The Morgan fingerprint density at radius 1 is 1.35 bits per heavy atom. The van der Waals surface area contributed by atoms with Crippen LogP contribution in [0.1, 0.15) is 45.2 Å². The minimum Gasteiger partial charge on any atom is -0.392 e. The summed E-state index contributed by atoms with van der Waals surface area (Å²) < 4.78 is 0. The van der Waals surface area contributed by atoms with E-state index in [1.165, 1.54) is 5.56 Å². The quantitative estimate of drug-likeness (QED) is 0.903. The van der Waals surface area contributed by atoms with Gasteiger partial charge in [-0.15, -0.1) is 0 Å². The molecule has 1 fully saturated rings. The third kappa shape index (κ3) is 3.36. The summed E-state index contributed by atoms with van der Waals surface area (Å²) in [7, 11) is 2.14. The van der Waals surface area contributed by atoms with Crippen molar-refractivity contribution < 1.29 is 5.11 Å². The number of aliphatic hydroxyl groups excluding tert-OH is 1. The van der Waals surface area contributed by atoms with Crippen molar-refractivity contribution in [3.63, 3.8) is 0 Å². The maximum atomic E-state index is 10.4. The highest BCUT2D eigenvalue weighted by Gasteiger charge is 2.41. The number of benzene rings is 1. The van der Waals surface area contributed by atoms with Crippen molar-refractivity contribution in [1.29, 1.82) is 0 Å². The molecule has 3 heteroatoms. The average Bonchev–Trinajstić information content (AvgIpc) is 2.66. The van der Waals surface area contributed by atoms with Gasteiger partial charge in [0, 0.05) is 17.6 Å². The lowest BCUT2D eigenvalue weighted by Gasteiger charge is -2.31. The first-order chi connectivity index (χ1) is 9.31. The molecule has 0 bridgehead atoms. The van der Waals surface area contributed by atoms with Crippen LogP contribution in [0.5, 0.6) is 0 Å². The Morgan fingerprint density at radius 2 is 1.95 bits per heavy atom. The minimum atomic E-state index is -0.192. The van der Waals surface area contributed by atoms with E-state index < -0.39 is 0 Å². The van der Waals surface area contributed by atoms with Crippen molar-refractivity contribution in [2.75, 3.05) is 13.6 Å². The van der Waals surface area contributed by atoms with Crippen molar-refractivity contribution in [1.82, 2.24) is 4.90 Å². The molecule has 2 nitrogen and oxygen atoms in total.